The van der Waals surface area contributed by atoms with Crippen molar-refractivity contribution in [3.05, 3.63) is 41.3 Å². The fraction of sp³-hybridized carbons (Fsp3) is 0.250. The van der Waals surface area contributed by atoms with E-state index in [1.165, 1.54) is 11.3 Å². The van der Waals surface area contributed by atoms with Crippen LogP contribution in [-0.2, 0) is 4.74 Å². The van der Waals surface area contributed by atoms with Crippen LogP contribution in [0.15, 0.2) is 36.4 Å². The third-order valence-corrected chi connectivity index (χ3v) is 3.98. The molecular weight excluding hydrogens is 316 g/mol. The highest BCUT2D eigenvalue weighted by Gasteiger charge is 2.19. The Kier molecular flexibility index (Phi) is 5.99. The molecule has 2 amide bonds. The van der Waals surface area contributed by atoms with Crippen LogP contribution in [0.1, 0.15) is 23.5 Å². The average Bonchev–Trinajstić information content (AvgIpc) is 2.98. The maximum Gasteiger partial charge on any atom is 0.426 e. The lowest BCUT2D eigenvalue weighted by Gasteiger charge is -2.07. The maximum atomic E-state index is 12.2. The number of benzene rings is 1. The normalized spacial score (nSPS) is 10.0. The Morgan fingerprint density at radius 2 is 1.83 bits per heavy atom. The lowest BCUT2D eigenvalue weighted by atomic mass is 10.2. The highest BCUT2D eigenvalue weighted by molar-refractivity contribution is 7.17. The van der Waals surface area contributed by atoms with Crippen molar-refractivity contribution in [2.24, 2.45) is 0 Å². The summed E-state index contributed by atoms with van der Waals surface area (Å²) in [5.74, 6) is 0.0354. The van der Waals surface area contributed by atoms with Gasteiger partial charge in [-0.1, -0.05) is 30.3 Å². The summed E-state index contributed by atoms with van der Waals surface area (Å²) in [6.07, 6.45) is -0.710. The molecule has 0 radical (unpaired) electrons. The smallest absolute Gasteiger partial charge is 0.426 e. The molecule has 0 aliphatic carbocycles. The molecule has 1 aromatic heterocycles. The highest BCUT2D eigenvalue weighted by atomic mass is 32.1. The minimum Gasteiger partial charge on any atom is -0.492 e. The number of carbonyl (C=O) groups excluding carboxylic acids is 2. The fourth-order valence-corrected chi connectivity index (χ4v) is 2.87. The average molecular weight is 334 g/mol. The predicted molar refractivity (Wildman–Crippen MR) is 88.5 cm³/mol. The first-order valence-electron chi connectivity index (χ1n) is 7.20. The van der Waals surface area contributed by atoms with E-state index in [1.54, 1.807) is 6.92 Å². The van der Waals surface area contributed by atoms with Gasteiger partial charge < -0.3 is 9.47 Å². The SMILES string of the molecule is CCOC(=O)NNC(=O)c1sc(-c2ccccc2)cc1OCC. The predicted octanol–water partition coefficient (Wildman–Crippen LogP) is 3.20. The number of hydrogen-bond donors (Lipinski definition) is 2. The molecule has 0 spiro atoms. The molecule has 2 N–H and O–H groups in total. The summed E-state index contributed by atoms with van der Waals surface area (Å²) in [4.78, 5) is 24.8. The molecule has 0 atom stereocenters. The molecule has 0 fully saturated rings. The van der Waals surface area contributed by atoms with Crippen LogP contribution in [0.4, 0.5) is 4.79 Å². The molecule has 0 saturated heterocycles. The van der Waals surface area contributed by atoms with Crippen molar-refractivity contribution in [3.8, 4) is 16.2 Å². The Bertz CT molecular complexity index is 670. The van der Waals surface area contributed by atoms with Crippen molar-refractivity contribution in [2.45, 2.75) is 13.8 Å². The third-order valence-electron chi connectivity index (χ3n) is 2.82. The van der Waals surface area contributed by atoms with Crippen LogP contribution < -0.4 is 15.6 Å². The van der Waals surface area contributed by atoms with Gasteiger partial charge in [-0.2, -0.15) is 0 Å². The summed E-state index contributed by atoms with van der Waals surface area (Å²) in [6, 6.07) is 11.5. The second-order valence-corrected chi connectivity index (χ2v) is 5.45. The molecule has 2 rings (SSSR count). The van der Waals surface area contributed by atoms with E-state index in [2.05, 4.69) is 15.6 Å². The van der Waals surface area contributed by atoms with Crippen LogP contribution in [0.3, 0.4) is 0 Å². The Balaban J connectivity index is 2.18. The van der Waals surface area contributed by atoms with Crippen LogP contribution in [0.5, 0.6) is 5.75 Å². The van der Waals surface area contributed by atoms with E-state index in [-0.39, 0.29) is 6.61 Å². The van der Waals surface area contributed by atoms with E-state index in [0.717, 1.165) is 10.4 Å². The third kappa shape index (κ3) is 4.46. The zero-order valence-electron chi connectivity index (χ0n) is 12.9. The summed E-state index contributed by atoms with van der Waals surface area (Å²) >= 11 is 1.30. The van der Waals surface area contributed by atoms with Gasteiger partial charge in [0.25, 0.3) is 5.91 Å². The maximum absolute atomic E-state index is 12.2. The second kappa shape index (κ2) is 8.19. The van der Waals surface area contributed by atoms with Gasteiger partial charge >= 0.3 is 6.09 Å². The lowest BCUT2D eigenvalue weighted by Crippen LogP contribution is -2.41. The van der Waals surface area contributed by atoms with Crippen LogP contribution in [0, 0.1) is 0 Å². The summed E-state index contributed by atoms with van der Waals surface area (Å²) in [5.41, 5.74) is 5.50. The Hall–Kier alpha value is -2.54. The number of carbonyl (C=O) groups is 2. The van der Waals surface area contributed by atoms with Gasteiger partial charge in [-0.3, -0.25) is 10.2 Å². The number of ether oxygens (including phenoxy) is 2. The van der Waals surface area contributed by atoms with Gasteiger partial charge in [0.1, 0.15) is 10.6 Å². The van der Waals surface area contributed by atoms with Gasteiger partial charge in [0, 0.05) is 4.88 Å². The van der Waals surface area contributed by atoms with Crippen LogP contribution in [0.2, 0.25) is 0 Å². The number of hydrazine groups is 1. The molecule has 0 aliphatic heterocycles. The molecule has 2 aromatic rings. The number of hydrogen-bond acceptors (Lipinski definition) is 5. The number of amides is 2. The van der Waals surface area contributed by atoms with E-state index in [9.17, 15) is 9.59 Å². The van der Waals surface area contributed by atoms with Crippen LogP contribution in [0.25, 0.3) is 10.4 Å². The number of thiophene rings is 1. The zero-order chi connectivity index (χ0) is 16.7. The molecule has 6 nitrogen and oxygen atoms in total. The van der Waals surface area contributed by atoms with E-state index in [0.29, 0.717) is 17.2 Å². The van der Waals surface area contributed by atoms with Gasteiger partial charge in [0.05, 0.1) is 13.2 Å². The van der Waals surface area contributed by atoms with Crippen LogP contribution >= 0.6 is 11.3 Å². The molecule has 7 heteroatoms. The molecule has 1 heterocycles. The first-order chi connectivity index (χ1) is 11.2. The summed E-state index contributed by atoms with van der Waals surface area (Å²) in [6.45, 7) is 4.19. The molecule has 122 valence electrons. The van der Waals surface area contributed by atoms with Gasteiger partial charge in [0.2, 0.25) is 0 Å². The topological polar surface area (TPSA) is 76.7 Å². The van der Waals surface area contributed by atoms with E-state index >= 15 is 0 Å². The molecule has 1 aromatic carbocycles. The van der Waals surface area contributed by atoms with Crippen molar-refractivity contribution >= 4 is 23.3 Å². The van der Waals surface area contributed by atoms with E-state index in [4.69, 9.17) is 4.74 Å². The van der Waals surface area contributed by atoms with Gasteiger partial charge in [-0.15, -0.1) is 11.3 Å². The first kappa shape index (κ1) is 16.8. The number of rotatable bonds is 5. The molecule has 23 heavy (non-hydrogen) atoms. The second-order valence-electron chi connectivity index (χ2n) is 4.40. The standard InChI is InChI=1S/C16H18N2O4S/c1-3-21-12-10-13(11-8-6-5-7-9-11)23-14(12)15(19)17-18-16(20)22-4-2/h5-10H,3-4H2,1-2H3,(H,17,19)(H,18,20). The van der Waals surface area contributed by atoms with Gasteiger partial charge in [-0.05, 0) is 25.5 Å². The highest BCUT2D eigenvalue weighted by Crippen LogP contribution is 2.36. The van der Waals surface area contributed by atoms with Crippen molar-refractivity contribution in [2.75, 3.05) is 13.2 Å². The van der Waals surface area contributed by atoms with Crippen molar-refractivity contribution in [3.63, 3.8) is 0 Å². The van der Waals surface area contributed by atoms with Crippen LogP contribution in [-0.4, -0.2) is 25.2 Å². The molecule has 0 unspecified atom stereocenters. The number of nitrogens with one attached hydrogen (secondary N) is 2. The summed E-state index contributed by atoms with van der Waals surface area (Å²) in [5, 5.41) is 0. The molecule has 0 bridgehead atoms. The summed E-state index contributed by atoms with van der Waals surface area (Å²) < 4.78 is 10.2. The van der Waals surface area contributed by atoms with Crippen molar-refractivity contribution < 1.29 is 19.1 Å². The minimum absolute atomic E-state index is 0.225. The van der Waals surface area contributed by atoms with E-state index in [1.807, 2.05) is 43.3 Å². The Labute approximate surface area is 138 Å². The summed E-state index contributed by atoms with van der Waals surface area (Å²) in [7, 11) is 0. The monoisotopic (exact) mass is 334 g/mol. The first-order valence-corrected chi connectivity index (χ1v) is 8.02. The molecular formula is C16H18N2O4S. The minimum atomic E-state index is -0.710. The largest absolute Gasteiger partial charge is 0.492 e. The molecule has 0 aliphatic rings. The Morgan fingerprint density at radius 1 is 1.09 bits per heavy atom. The van der Waals surface area contributed by atoms with Crippen molar-refractivity contribution in [1.29, 1.82) is 0 Å². The Morgan fingerprint density at radius 3 is 2.48 bits per heavy atom. The van der Waals surface area contributed by atoms with Gasteiger partial charge in [0.15, 0.2) is 0 Å². The molecule has 0 saturated carbocycles. The fourth-order valence-electron chi connectivity index (χ4n) is 1.87. The zero-order valence-corrected chi connectivity index (χ0v) is 13.7. The quantitative estimate of drug-likeness (QED) is 0.823. The van der Waals surface area contributed by atoms with Gasteiger partial charge in [-0.25, -0.2) is 10.2 Å². The van der Waals surface area contributed by atoms with E-state index < -0.39 is 12.0 Å². The van der Waals surface area contributed by atoms with Crippen molar-refractivity contribution in [1.82, 2.24) is 10.9 Å². The lowest BCUT2D eigenvalue weighted by molar-refractivity contribution is 0.0913.